The third kappa shape index (κ3) is 6.10. The second-order valence-corrected chi connectivity index (χ2v) is 20.1. The van der Waals surface area contributed by atoms with E-state index in [-0.39, 0.29) is 5.41 Å². The molecule has 5 heteroatoms. The van der Waals surface area contributed by atoms with E-state index in [2.05, 4.69) is 190 Å². The standard InChI is InChI=1S/C65H40N4S/c1-65(2)55-20-9-8-18-53(55)59-54(19-11-21-56(59)65)64-68-62(40-13-4-3-5-14-40)67-63(69-64)41-24-22-39(23-25-41)45-30-32-51-47-16-6-7-17-48(47)52-33-31-46(60(45)61(51)52)44-27-29-50-49-28-26-43(35-57(49)70-58(50)36-44)42-15-10-12-38(34-42)37-66/h3-36H,1-2H3. The lowest BCUT2D eigenvalue weighted by Crippen LogP contribution is -2.14. The summed E-state index contributed by atoms with van der Waals surface area (Å²) >= 11 is 1.82. The van der Waals surface area contributed by atoms with Gasteiger partial charge in [-0.3, -0.25) is 0 Å². The molecule has 0 radical (unpaired) electrons. The highest BCUT2D eigenvalue weighted by molar-refractivity contribution is 7.25. The van der Waals surface area contributed by atoms with Crippen LogP contribution in [0.25, 0.3) is 132 Å². The largest absolute Gasteiger partial charge is 0.208 e. The minimum atomic E-state index is -0.148. The number of benzene rings is 10. The summed E-state index contributed by atoms with van der Waals surface area (Å²) in [6.07, 6.45) is 0. The number of aromatic nitrogens is 3. The first-order valence-electron chi connectivity index (χ1n) is 23.7. The van der Waals surface area contributed by atoms with Gasteiger partial charge >= 0.3 is 0 Å². The third-order valence-corrected chi connectivity index (χ3v) is 15.9. The first-order valence-corrected chi connectivity index (χ1v) is 24.5. The van der Waals surface area contributed by atoms with Gasteiger partial charge in [0, 0.05) is 42.3 Å². The monoisotopic (exact) mass is 908 g/mol. The molecule has 0 atom stereocenters. The van der Waals surface area contributed by atoms with E-state index in [1.165, 1.54) is 92.1 Å². The van der Waals surface area contributed by atoms with Crippen molar-refractivity contribution in [3.63, 3.8) is 0 Å². The Morgan fingerprint density at radius 2 is 0.857 bits per heavy atom. The molecule has 326 valence electrons. The summed E-state index contributed by atoms with van der Waals surface area (Å²) in [4.78, 5) is 15.7. The molecule has 0 fully saturated rings. The molecule has 0 saturated heterocycles. The van der Waals surface area contributed by atoms with Crippen LogP contribution in [-0.2, 0) is 5.41 Å². The number of rotatable bonds is 6. The minimum Gasteiger partial charge on any atom is -0.208 e. The van der Waals surface area contributed by atoms with Gasteiger partial charge in [0.2, 0.25) is 0 Å². The molecular formula is C65H40N4S. The lowest BCUT2D eigenvalue weighted by Gasteiger charge is -2.21. The van der Waals surface area contributed by atoms with Crippen LogP contribution in [0.3, 0.4) is 0 Å². The smallest absolute Gasteiger partial charge is 0.164 e. The van der Waals surface area contributed by atoms with Crippen molar-refractivity contribution in [2.45, 2.75) is 19.3 Å². The van der Waals surface area contributed by atoms with Crippen LogP contribution in [0.15, 0.2) is 206 Å². The number of thiophene rings is 1. The van der Waals surface area contributed by atoms with Crippen molar-refractivity contribution in [2.75, 3.05) is 0 Å². The highest BCUT2D eigenvalue weighted by Crippen LogP contribution is 2.54. The van der Waals surface area contributed by atoms with Crippen LogP contribution >= 0.6 is 11.3 Å². The van der Waals surface area contributed by atoms with Gasteiger partial charge in [-0.25, -0.2) is 15.0 Å². The summed E-state index contributed by atoms with van der Waals surface area (Å²) in [5.74, 6) is 1.94. The van der Waals surface area contributed by atoms with Crippen LogP contribution < -0.4 is 0 Å². The zero-order chi connectivity index (χ0) is 46.7. The van der Waals surface area contributed by atoms with E-state index in [1.54, 1.807) is 0 Å². The second-order valence-electron chi connectivity index (χ2n) is 19.0. The van der Waals surface area contributed by atoms with Crippen LogP contribution in [-0.4, -0.2) is 15.0 Å². The molecular weight excluding hydrogens is 869 g/mol. The predicted octanol–water partition coefficient (Wildman–Crippen LogP) is 17.2. The maximum atomic E-state index is 9.56. The first-order chi connectivity index (χ1) is 34.4. The fourth-order valence-electron chi connectivity index (χ4n) is 11.4. The number of nitrogens with zero attached hydrogens (tertiary/aromatic N) is 4. The van der Waals surface area contributed by atoms with Crippen LogP contribution in [0, 0.1) is 11.3 Å². The van der Waals surface area contributed by atoms with Gasteiger partial charge in [-0.15, -0.1) is 11.3 Å². The van der Waals surface area contributed by atoms with Crippen LogP contribution in [0.5, 0.6) is 0 Å². The van der Waals surface area contributed by atoms with Gasteiger partial charge in [0.05, 0.1) is 11.6 Å². The van der Waals surface area contributed by atoms with Gasteiger partial charge in [0.1, 0.15) is 0 Å². The number of hydrogen-bond donors (Lipinski definition) is 0. The van der Waals surface area contributed by atoms with Crippen molar-refractivity contribution < 1.29 is 0 Å². The predicted molar refractivity (Wildman–Crippen MR) is 290 cm³/mol. The molecule has 0 N–H and O–H groups in total. The number of hydrogen-bond acceptors (Lipinski definition) is 5. The van der Waals surface area contributed by atoms with Gasteiger partial charge in [0.15, 0.2) is 17.5 Å². The van der Waals surface area contributed by atoms with Crippen molar-refractivity contribution in [2.24, 2.45) is 0 Å². The van der Waals surface area contributed by atoms with Gasteiger partial charge < -0.3 is 0 Å². The minimum absolute atomic E-state index is 0.148. The molecule has 10 aromatic carbocycles. The molecule has 2 aliphatic carbocycles. The Bertz CT molecular complexity index is 4180. The molecule has 2 aliphatic rings. The van der Waals surface area contributed by atoms with Crippen LogP contribution in [0.4, 0.5) is 0 Å². The summed E-state index contributed by atoms with van der Waals surface area (Å²) in [5, 5.41) is 14.6. The summed E-state index contributed by atoms with van der Waals surface area (Å²) < 4.78 is 2.47. The van der Waals surface area contributed by atoms with E-state index in [4.69, 9.17) is 15.0 Å². The number of nitriles is 1. The first kappa shape index (κ1) is 40.3. The lowest BCUT2D eigenvalue weighted by molar-refractivity contribution is 0.660. The average Bonchev–Trinajstić information content (AvgIpc) is 4.04. The third-order valence-electron chi connectivity index (χ3n) is 14.7. The van der Waals surface area contributed by atoms with Crippen molar-refractivity contribution in [1.82, 2.24) is 15.0 Å². The summed E-state index contributed by atoms with van der Waals surface area (Å²) in [7, 11) is 0. The molecule has 2 aromatic heterocycles. The summed E-state index contributed by atoms with van der Waals surface area (Å²) in [6.45, 7) is 4.61. The Balaban J connectivity index is 0.907. The molecule has 12 aromatic rings. The van der Waals surface area contributed by atoms with E-state index in [9.17, 15) is 5.26 Å². The van der Waals surface area contributed by atoms with Crippen molar-refractivity contribution >= 4 is 42.3 Å². The Morgan fingerprint density at radius 1 is 0.371 bits per heavy atom. The van der Waals surface area contributed by atoms with E-state index in [0.29, 0.717) is 23.0 Å². The molecule has 0 aliphatic heterocycles. The normalized spacial score (nSPS) is 12.8. The highest BCUT2D eigenvalue weighted by atomic mass is 32.1. The molecule has 4 nitrogen and oxygen atoms in total. The van der Waals surface area contributed by atoms with Gasteiger partial charge in [0.25, 0.3) is 0 Å². The molecule has 0 saturated carbocycles. The van der Waals surface area contributed by atoms with Crippen LogP contribution in [0.2, 0.25) is 0 Å². The summed E-state index contributed by atoms with van der Waals surface area (Å²) in [5.41, 5.74) is 20.3. The fourth-order valence-corrected chi connectivity index (χ4v) is 12.5. The maximum absolute atomic E-state index is 9.56. The molecule has 0 bridgehead atoms. The molecule has 0 amide bonds. The van der Waals surface area contributed by atoms with Crippen molar-refractivity contribution in [3.05, 3.63) is 223 Å². The van der Waals surface area contributed by atoms with E-state index < -0.39 is 0 Å². The van der Waals surface area contributed by atoms with Gasteiger partial charge in [-0.1, -0.05) is 196 Å². The lowest BCUT2D eigenvalue weighted by atomic mass is 9.82. The van der Waals surface area contributed by atoms with E-state index >= 15 is 0 Å². The highest BCUT2D eigenvalue weighted by Gasteiger charge is 2.37. The quantitative estimate of drug-likeness (QED) is 0.167. The molecule has 2 heterocycles. The molecule has 14 rings (SSSR count). The summed E-state index contributed by atoms with van der Waals surface area (Å²) in [6, 6.07) is 76.2. The van der Waals surface area contributed by atoms with Crippen molar-refractivity contribution in [3.8, 4) is 107 Å². The fraction of sp³-hybridized carbons (Fsp3) is 0.0462. The zero-order valence-corrected chi connectivity index (χ0v) is 39.1. The maximum Gasteiger partial charge on any atom is 0.164 e. The van der Waals surface area contributed by atoms with Gasteiger partial charge in [-0.05, 0) is 113 Å². The number of fused-ring (bicyclic) bond motifs is 9. The molecule has 0 spiro atoms. The Morgan fingerprint density at radius 3 is 1.57 bits per heavy atom. The zero-order valence-electron chi connectivity index (χ0n) is 38.3. The second kappa shape index (κ2) is 15.3. The Kier molecular flexibility index (Phi) is 8.83. The van der Waals surface area contributed by atoms with E-state index in [1.807, 2.05) is 47.7 Å². The SMILES string of the molecule is CC1(C)c2ccccc2-c2c(-c3nc(-c4ccccc4)nc(-c4ccc(-c5ccc6c7c(ccc(-c8ccc9c(c8)sc8cc(-c%10cccc(C#N)c%10)ccc89)c57)-c5ccccc5-6)cc4)n3)cccc21. The van der Waals surface area contributed by atoms with E-state index in [0.717, 1.165) is 33.4 Å². The van der Waals surface area contributed by atoms with Crippen LogP contribution in [0.1, 0.15) is 30.5 Å². The Labute approximate surface area is 409 Å². The molecule has 0 unspecified atom stereocenters. The average molecular weight is 909 g/mol. The Hall–Kier alpha value is -8.82. The van der Waals surface area contributed by atoms with Crippen molar-refractivity contribution in [1.29, 1.82) is 5.26 Å². The molecule has 70 heavy (non-hydrogen) atoms. The van der Waals surface area contributed by atoms with Gasteiger partial charge in [-0.2, -0.15) is 5.26 Å². The topological polar surface area (TPSA) is 62.5 Å².